The number of unbranched alkanes of at least 4 members (excludes halogenated alkanes) is 1. The molecule has 0 spiro atoms. The first-order chi connectivity index (χ1) is 9.90. The lowest BCUT2D eigenvalue weighted by molar-refractivity contribution is -0.118. The standard InChI is InChI=1S/C17H28N2OS/c1-5-6-11-18-16(20)13-21-15-9-7-14(8-10-15)12-19-17(2,3)4/h7-10,19H,5-6,11-13H2,1-4H3,(H,18,20). The Bertz CT molecular complexity index is 423. The van der Waals surface area contributed by atoms with Crippen molar-refractivity contribution >= 4 is 17.7 Å². The van der Waals surface area contributed by atoms with Crippen LogP contribution in [0.5, 0.6) is 0 Å². The normalized spacial score (nSPS) is 11.4. The molecule has 0 radical (unpaired) electrons. The van der Waals surface area contributed by atoms with Gasteiger partial charge in [0.25, 0.3) is 0 Å². The average Bonchev–Trinajstić information content (AvgIpc) is 2.43. The minimum Gasteiger partial charge on any atom is -0.355 e. The predicted octanol–water partition coefficient (Wildman–Crippen LogP) is 3.58. The molecule has 0 saturated carbocycles. The van der Waals surface area contributed by atoms with Crippen molar-refractivity contribution in [3.63, 3.8) is 0 Å². The van der Waals surface area contributed by atoms with Crippen molar-refractivity contribution in [1.82, 2.24) is 10.6 Å². The summed E-state index contributed by atoms with van der Waals surface area (Å²) in [6, 6.07) is 8.42. The Morgan fingerprint density at radius 3 is 2.43 bits per heavy atom. The number of rotatable bonds is 8. The van der Waals surface area contributed by atoms with Crippen LogP contribution in [0.2, 0.25) is 0 Å². The second kappa shape index (κ2) is 9.11. The fraction of sp³-hybridized carbons (Fsp3) is 0.588. The molecule has 118 valence electrons. The number of nitrogens with one attached hydrogen (secondary N) is 2. The van der Waals surface area contributed by atoms with Gasteiger partial charge in [0.2, 0.25) is 5.91 Å². The van der Waals surface area contributed by atoms with E-state index in [9.17, 15) is 4.79 Å². The first-order valence-corrected chi connectivity index (χ1v) is 8.63. The molecule has 0 saturated heterocycles. The summed E-state index contributed by atoms with van der Waals surface area (Å²) in [5.41, 5.74) is 1.39. The summed E-state index contributed by atoms with van der Waals surface area (Å²) in [5, 5.41) is 6.40. The van der Waals surface area contributed by atoms with Gasteiger partial charge in [-0.05, 0) is 44.9 Å². The zero-order valence-electron chi connectivity index (χ0n) is 13.7. The van der Waals surface area contributed by atoms with Gasteiger partial charge >= 0.3 is 0 Å². The molecule has 0 aliphatic carbocycles. The van der Waals surface area contributed by atoms with E-state index in [1.54, 1.807) is 11.8 Å². The van der Waals surface area contributed by atoms with E-state index in [0.29, 0.717) is 5.75 Å². The van der Waals surface area contributed by atoms with Crippen molar-refractivity contribution in [2.45, 2.75) is 57.5 Å². The SMILES string of the molecule is CCCCNC(=O)CSc1ccc(CNC(C)(C)C)cc1. The third kappa shape index (κ3) is 8.79. The first-order valence-electron chi connectivity index (χ1n) is 7.64. The highest BCUT2D eigenvalue weighted by molar-refractivity contribution is 8.00. The lowest BCUT2D eigenvalue weighted by Gasteiger charge is -2.20. The van der Waals surface area contributed by atoms with Gasteiger partial charge in [0.15, 0.2) is 0 Å². The molecular weight excluding hydrogens is 280 g/mol. The Labute approximate surface area is 133 Å². The first kappa shape index (κ1) is 18.1. The van der Waals surface area contributed by atoms with Gasteiger partial charge < -0.3 is 10.6 Å². The fourth-order valence-corrected chi connectivity index (χ4v) is 2.40. The highest BCUT2D eigenvalue weighted by Crippen LogP contribution is 2.18. The lowest BCUT2D eigenvalue weighted by Crippen LogP contribution is -2.35. The number of hydrogen-bond donors (Lipinski definition) is 2. The predicted molar refractivity (Wildman–Crippen MR) is 91.7 cm³/mol. The Morgan fingerprint density at radius 1 is 1.19 bits per heavy atom. The summed E-state index contributed by atoms with van der Waals surface area (Å²) < 4.78 is 0. The number of amides is 1. The maximum absolute atomic E-state index is 11.6. The Kier molecular flexibility index (Phi) is 7.83. The molecule has 0 bridgehead atoms. The van der Waals surface area contributed by atoms with Crippen LogP contribution in [-0.4, -0.2) is 23.7 Å². The largest absolute Gasteiger partial charge is 0.355 e. The molecule has 0 unspecified atom stereocenters. The zero-order valence-corrected chi connectivity index (χ0v) is 14.5. The van der Waals surface area contributed by atoms with Crippen LogP contribution in [-0.2, 0) is 11.3 Å². The van der Waals surface area contributed by atoms with Crippen LogP contribution in [0.4, 0.5) is 0 Å². The molecule has 3 nitrogen and oxygen atoms in total. The monoisotopic (exact) mass is 308 g/mol. The molecule has 21 heavy (non-hydrogen) atoms. The maximum Gasteiger partial charge on any atom is 0.230 e. The van der Waals surface area contributed by atoms with Gasteiger partial charge in [-0.1, -0.05) is 25.5 Å². The number of hydrogen-bond acceptors (Lipinski definition) is 3. The van der Waals surface area contributed by atoms with Crippen molar-refractivity contribution in [1.29, 1.82) is 0 Å². The fourth-order valence-electron chi connectivity index (χ4n) is 1.68. The molecule has 0 aromatic heterocycles. The molecule has 0 atom stereocenters. The third-order valence-electron chi connectivity index (χ3n) is 2.97. The van der Waals surface area contributed by atoms with Gasteiger partial charge in [0.1, 0.15) is 0 Å². The van der Waals surface area contributed by atoms with E-state index in [-0.39, 0.29) is 11.4 Å². The van der Waals surface area contributed by atoms with E-state index in [0.717, 1.165) is 30.8 Å². The summed E-state index contributed by atoms with van der Waals surface area (Å²) in [7, 11) is 0. The van der Waals surface area contributed by atoms with Crippen LogP contribution < -0.4 is 10.6 Å². The smallest absolute Gasteiger partial charge is 0.230 e. The molecule has 4 heteroatoms. The van der Waals surface area contributed by atoms with Crippen LogP contribution in [0.1, 0.15) is 46.1 Å². The Hall–Kier alpha value is -1.00. The molecule has 1 aromatic carbocycles. The van der Waals surface area contributed by atoms with Gasteiger partial charge in [-0.25, -0.2) is 0 Å². The minimum atomic E-state index is 0.118. The summed E-state index contributed by atoms with van der Waals surface area (Å²) in [6.07, 6.45) is 2.16. The van der Waals surface area contributed by atoms with E-state index in [1.807, 2.05) is 0 Å². The van der Waals surface area contributed by atoms with Crippen molar-refractivity contribution in [3.05, 3.63) is 29.8 Å². The van der Waals surface area contributed by atoms with Crippen LogP contribution in [0.15, 0.2) is 29.2 Å². The molecule has 1 amide bonds. The van der Waals surface area contributed by atoms with Crippen LogP contribution in [0.25, 0.3) is 0 Å². The van der Waals surface area contributed by atoms with Crippen molar-refractivity contribution in [3.8, 4) is 0 Å². The van der Waals surface area contributed by atoms with Gasteiger partial charge in [0.05, 0.1) is 5.75 Å². The van der Waals surface area contributed by atoms with Crippen LogP contribution in [0.3, 0.4) is 0 Å². The molecule has 0 fully saturated rings. The van der Waals surface area contributed by atoms with Crippen molar-refractivity contribution in [2.24, 2.45) is 0 Å². The van der Waals surface area contributed by atoms with E-state index in [4.69, 9.17) is 0 Å². The van der Waals surface area contributed by atoms with Gasteiger partial charge in [-0.2, -0.15) is 0 Å². The molecule has 2 N–H and O–H groups in total. The van der Waals surface area contributed by atoms with E-state index in [1.165, 1.54) is 5.56 Å². The Morgan fingerprint density at radius 2 is 1.86 bits per heavy atom. The van der Waals surface area contributed by atoms with Crippen molar-refractivity contribution in [2.75, 3.05) is 12.3 Å². The minimum absolute atomic E-state index is 0.118. The van der Waals surface area contributed by atoms with Crippen LogP contribution in [0, 0.1) is 0 Å². The summed E-state index contributed by atoms with van der Waals surface area (Å²) >= 11 is 1.59. The maximum atomic E-state index is 11.6. The van der Waals surface area contributed by atoms with Gasteiger partial charge in [-0.15, -0.1) is 11.8 Å². The van der Waals surface area contributed by atoms with Gasteiger partial charge in [-0.3, -0.25) is 4.79 Å². The van der Waals surface area contributed by atoms with E-state index in [2.05, 4.69) is 62.6 Å². The molecule has 1 aromatic rings. The highest BCUT2D eigenvalue weighted by atomic mass is 32.2. The van der Waals surface area contributed by atoms with Crippen LogP contribution >= 0.6 is 11.8 Å². The Balaban J connectivity index is 2.32. The molecule has 0 heterocycles. The molecule has 1 rings (SSSR count). The second-order valence-corrected chi connectivity index (χ2v) is 7.29. The summed E-state index contributed by atoms with van der Waals surface area (Å²) in [6.45, 7) is 10.3. The van der Waals surface area contributed by atoms with Gasteiger partial charge in [0, 0.05) is 23.5 Å². The lowest BCUT2D eigenvalue weighted by atomic mass is 10.1. The average molecular weight is 308 g/mol. The van der Waals surface area contributed by atoms with E-state index < -0.39 is 0 Å². The van der Waals surface area contributed by atoms with E-state index >= 15 is 0 Å². The van der Waals surface area contributed by atoms with Crippen molar-refractivity contribution < 1.29 is 4.79 Å². The second-order valence-electron chi connectivity index (χ2n) is 6.24. The number of benzene rings is 1. The molecule has 0 aliphatic heterocycles. The summed E-state index contributed by atoms with van der Waals surface area (Å²) in [5.74, 6) is 0.607. The number of carbonyl (C=O) groups is 1. The zero-order chi connectivity index (χ0) is 15.7. The highest BCUT2D eigenvalue weighted by Gasteiger charge is 2.08. The topological polar surface area (TPSA) is 41.1 Å². The third-order valence-corrected chi connectivity index (χ3v) is 3.98. The molecule has 0 aliphatic rings. The molecular formula is C17H28N2OS. The number of carbonyl (C=O) groups excluding carboxylic acids is 1. The number of thioether (sulfide) groups is 1. The summed E-state index contributed by atoms with van der Waals surface area (Å²) in [4.78, 5) is 12.8. The quantitative estimate of drug-likeness (QED) is 0.570.